The summed E-state index contributed by atoms with van der Waals surface area (Å²) in [5.41, 5.74) is 5.62. The molecule has 0 amide bonds. The number of hydrogen-bond donors (Lipinski definition) is 3. The van der Waals surface area contributed by atoms with Gasteiger partial charge in [0.2, 0.25) is 0 Å². The Bertz CT molecular complexity index is 512. The minimum Gasteiger partial charge on any atom is -0.394 e. The molecule has 0 aliphatic carbocycles. The van der Waals surface area contributed by atoms with E-state index in [1.165, 1.54) is 10.8 Å². The lowest BCUT2D eigenvalue weighted by atomic mass is 10.2. The summed E-state index contributed by atoms with van der Waals surface area (Å²) in [6, 6.07) is 0. The van der Waals surface area contributed by atoms with Crippen molar-refractivity contribution in [3.05, 3.63) is 22.2 Å². The summed E-state index contributed by atoms with van der Waals surface area (Å²) in [7, 11) is 0. The normalized spacial score (nSPS) is 30.1. The summed E-state index contributed by atoms with van der Waals surface area (Å²) in [4.78, 5) is 14.9. The van der Waals surface area contributed by atoms with Crippen molar-refractivity contribution < 1.29 is 14.9 Å². The molecule has 19 heavy (non-hydrogen) atoms. The molecule has 1 fully saturated rings. The average Bonchev–Trinajstić information content (AvgIpc) is 2.61. The number of hydrogen-bond acceptors (Lipinski definition) is 6. The minimum atomic E-state index is -0.898. The number of aromatic nitrogens is 2. The highest BCUT2D eigenvalue weighted by molar-refractivity contribution is 9.09. The average molecular weight is 357 g/mol. The van der Waals surface area contributed by atoms with Crippen LogP contribution in [-0.2, 0) is 4.74 Å². The zero-order chi connectivity index (χ0) is 13.4. The van der Waals surface area contributed by atoms with Crippen LogP contribution in [0.15, 0.2) is 11.0 Å². The number of nitrogens with two attached hydrogens (primary N) is 1. The van der Waals surface area contributed by atoms with Gasteiger partial charge in [-0.3, -0.25) is 4.57 Å². The maximum atomic E-state index is 11.8. The highest BCUT2D eigenvalue weighted by Gasteiger charge is 2.43. The summed E-state index contributed by atoms with van der Waals surface area (Å²) in [5.74, 6) is 0.166. The quantitative estimate of drug-likeness (QED) is 0.620. The second kappa shape index (κ2) is 6.19. The molecule has 1 aliphatic rings. The third kappa shape index (κ3) is 2.92. The lowest BCUT2D eigenvalue weighted by Gasteiger charge is -2.17. The van der Waals surface area contributed by atoms with Gasteiger partial charge in [0.05, 0.1) is 17.5 Å². The molecule has 0 spiro atoms. The molecule has 0 aromatic carbocycles. The number of halogens is 2. The molecule has 0 unspecified atom stereocenters. The van der Waals surface area contributed by atoms with Crippen LogP contribution in [0, 0.1) is 6.92 Å². The second-order valence-electron chi connectivity index (χ2n) is 4.18. The van der Waals surface area contributed by atoms with Crippen molar-refractivity contribution >= 4 is 34.2 Å². The number of aliphatic hydroxyl groups is 2. The SMILES string of the molecule is Cc1cn([C@@H]2O[C@H](CO)[C@@H](O)[C@@H]2Br)c(=O)nc1N.Cl. The van der Waals surface area contributed by atoms with Crippen molar-refractivity contribution in [3.63, 3.8) is 0 Å². The van der Waals surface area contributed by atoms with Crippen molar-refractivity contribution in [1.82, 2.24) is 9.55 Å². The van der Waals surface area contributed by atoms with E-state index in [1.54, 1.807) is 6.92 Å². The Morgan fingerprint density at radius 1 is 1.63 bits per heavy atom. The molecular weight excluding hydrogens is 341 g/mol. The number of nitrogen functional groups attached to an aromatic ring is 1. The van der Waals surface area contributed by atoms with Crippen LogP contribution >= 0.6 is 28.3 Å². The van der Waals surface area contributed by atoms with Crippen LogP contribution in [0.25, 0.3) is 0 Å². The van der Waals surface area contributed by atoms with Crippen LogP contribution in [0.5, 0.6) is 0 Å². The smallest absolute Gasteiger partial charge is 0.351 e. The van der Waals surface area contributed by atoms with Crippen LogP contribution < -0.4 is 11.4 Å². The molecule has 4 N–H and O–H groups in total. The van der Waals surface area contributed by atoms with Crippen molar-refractivity contribution in [3.8, 4) is 0 Å². The highest BCUT2D eigenvalue weighted by atomic mass is 79.9. The molecule has 2 rings (SSSR count). The first kappa shape index (κ1) is 16.4. The van der Waals surface area contributed by atoms with Crippen LogP contribution in [0.4, 0.5) is 5.82 Å². The van der Waals surface area contributed by atoms with Gasteiger partial charge in [-0.25, -0.2) is 4.79 Å². The van der Waals surface area contributed by atoms with E-state index in [2.05, 4.69) is 20.9 Å². The van der Waals surface area contributed by atoms with E-state index in [9.17, 15) is 9.90 Å². The Kier molecular flexibility index (Phi) is 5.34. The summed E-state index contributed by atoms with van der Waals surface area (Å²) in [6.07, 6.45) is -0.832. The zero-order valence-electron chi connectivity index (χ0n) is 10.1. The van der Waals surface area contributed by atoms with Gasteiger partial charge in [-0.1, -0.05) is 15.9 Å². The molecular formula is C10H15BrClN3O4. The molecule has 108 valence electrons. The second-order valence-corrected chi connectivity index (χ2v) is 5.24. The van der Waals surface area contributed by atoms with Gasteiger partial charge in [0, 0.05) is 11.8 Å². The van der Waals surface area contributed by atoms with Crippen LogP contribution in [0.2, 0.25) is 0 Å². The van der Waals surface area contributed by atoms with Crippen LogP contribution in [-0.4, -0.2) is 43.4 Å². The highest BCUT2D eigenvalue weighted by Crippen LogP contribution is 2.33. The molecule has 4 atom stereocenters. The zero-order valence-corrected chi connectivity index (χ0v) is 12.5. The molecule has 1 aliphatic heterocycles. The molecule has 1 aromatic heterocycles. The Morgan fingerprint density at radius 2 is 2.26 bits per heavy atom. The summed E-state index contributed by atoms with van der Waals surface area (Å²) in [5, 5.41) is 18.9. The molecule has 1 aromatic rings. The lowest BCUT2D eigenvalue weighted by Crippen LogP contribution is -2.33. The van der Waals surface area contributed by atoms with E-state index in [0.717, 1.165) is 0 Å². The van der Waals surface area contributed by atoms with Gasteiger partial charge in [-0.05, 0) is 6.92 Å². The van der Waals surface area contributed by atoms with Gasteiger partial charge in [0.15, 0.2) is 6.23 Å². The van der Waals surface area contributed by atoms with E-state index >= 15 is 0 Å². The number of aliphatic hydroxyl groups excluding tert-OH is 2. The van der Waals surface area contributed by atoms with Gasteiger partial charge in [0.1, 0.15) is 11.9 Å². The molecule has 0 bridgehead atoms. The largest absolute Gasteiger partial charge is 0.394 e. The Labute approximate surface area is 123 Å². The number of ether oxygens (including phenoxy) is 1. The van der Waals surface area contributed by atoms with Crippen LogP contribution in [0.3, 0.4) is 0 Å². The van der Waals surface area contributed by atoms with Crippen LogP contribution in [0.1, 0.15) is 11.8 Å². The molecule has 0 radical (unpaired) electrons. The fourth-order valence-corrected chi connectivity index (χ4v) is 2.56. The van der Waals surface area contributed by atoms with Crippen molar-refractivity contribution in [2.45, 2.75) is 30.2 Å². The van der Waals surface area contributed by atoms with E-state index in [1.807, 2.05) is 0 Å². The van der Waals surface area contributed by atoms with E-state index in [-0.39, 0.29) is 24.8 Å². The molecule has 1 saturated heterocycles. The Balaban J connectivity index is 0.00000180. The van der Waals surface area contributed by atoms with Crippen molar-refractivity contribution in [1.29, 1.82) is 0 Å². The predicted octanol–water partition coefficient (Wildman–Crippen LogP) is -0.430. The number of rotatable bonds is 2. The number of anilines is 1. The van der Waals surface area contributed by atoms with Gasteiger partial charge < -0.3 is 20.7 Å². The maximum Gasteiger partial charge on any atom is 0.351 e. The lowest BCUT2D eigenvalue weighted by molar-refractivity contribution is -0.0456. The topological polar surface area (TPSA) is 111 Å². The summed E-state index contributed by atoms with van der Waals surface area (Å²) >= 11 is 3.26. The predicted molar refractivity (Wildman–Crippen MR) is 74.6 cm³/mol. The number of alkyl halides is 1. The third-order valence-corrected chi connectivity index (χ3v) is 3.92. The third-order valence-electron chi connectivity index (χ3n) is 2.92. The van der Waals surface area contributed by atoms with E-state index in [4.69, 9.17) is 15.6 Å². The molecule has 7 nitrogen and oxygen atoms in total. The first-order valence-electron chi connectivity index (χ1n) is 5.39. The van der Waals surface area contributed by atoms with Crippen molar-refractivity contribution in [2.24, 2.45) is 0 Å². The fraction of sp³-hybridized carbons (Fsp3) is 0.600. The monoisotopic (exact) mass is 355 g/mol. The van der Waals surface area contributed by atoms with Gasteiger partial charge >= 0.3 is 5.69 Å². The van der Waals surface area contributed by atoms with Gasteiger partial charge in [-0.2, -0.15) is 4.98 Å². The van der Waals surface area contributed by atoms with Crippen molar-refractivity contribution in [2.75, 3.05) is 12.3 Å². The van der Waals surface area contributed by atoms with Gasteiger partial charge in [0.25, 0.3) is 0 Å². The Hall–Kier alpha value is -0.670. The minimum absolute atomic E-state index is 0. The summed E-state index contributed by atoms with van der Waals surface area (Å²) in [6.45, 7) is 1.40. The number of nitrogens with zero attached hydrogens (tertiary/aromatic N) is 2. The first-order chi connectivity index (χ1) is 8.45. The first-order valence-corrected chi connectivity index (χ1v) is 6.31. The molecule has 2 heterocycles. The standard InChI is InChI=1S/C10H14BrN3O4.ClH/c1-4-2-14(10(17)13-8(4)12)9-6(11)7(16)5(3-15)18-9;/h2,5-7,9,15-16H,3H2,1H3,(H2,12,13,17);1H/t5-,6+,7-,9-;/m1./s1. The fourth-order valence-electron chi connectivity index (χ4n) is 1.84. The maximum absolute atomic E-state index is 11.8. The van der Waals surface area contributed by atoms with Gasteiger partial charge in [-0.15, -0.1) is 12.4 Å². The van der Waals surface area contributed by atoms with E-state index in [0.29, 0.717) is 5.56 Å². The molecule has 0 saturated carbocycles. The van der Waals surface area contributed by atoms with E-state index < -0.39 is 29.0 Å². The molecule has 9 heteroatoms. The Morgan fingerprint density at radius 3 is 2.79 bits per heavy atom. The summed E-state index contributed by atoms with van der Waals surface area (Å²) < 4.78 is 6.69. The number of aryl methyl sites for hydroxylation is 1.